The molecule has 3 rings (SSSR count). The zero-order chi connectivity index (χ0) is 14.8. The summed E-state index contributed by atoms with van der Waals surface area (Å²) in [5, 5.41) is 27.3. The molecule has 1 aliphatic rings. The summed E-state index contributed by atoms with van der Waals surface area (Å²) < 4.78 is 2.04. The predicted molar refractivity (Wildman–Crippen MR) is 77.6 cm³/mol. The average molecular weight is 305 g/mol. The Morgan fingerprint density at radius 2 is 2.19 bits per heavy atom. The van der Waals surface area contributed by atoms with Gasteiger partial charge in [0, 0.05) is 12.5 Å². The van der Waals surface area contributed by atoms with E-state index in [0.29, 0.717) is 17.6 Å². The Morgan fingerprint density at radius 1 is 1.38 bits per heavy atom. The summed E-state index contributed by atoms with van der Waals surface area (Å²) in [6.45, 7) is 0. The number of hydrogen-bond donors (Lipinski definition) is 2. The molecule has 0 atom stereocenters. The van der Waals surface area contributed by atoms with Crippen LogP contribution in [0, 0.1) is 0 Å². The van der Waals surface area contributed by atoms with Crippen molar-refractivity contribution in [3.8, 4) is 5.75 Å². The van der Waals surface area contributed by atoms with Gasteiger partial charge in [0.25, 0.3) is 0 Å². The molecular formula is C14H15N3O3S. The first kappa shape index (κ1) is 13.9. The monoisotopic (exact) mass is 305 g/mol. The molecule has 110 valence electrons. The smallest absolute Gasteiger partial charge is 0.313 e. The lowest BCUT2D eigenvalue weighted by molar-refractivity contribution is -0.133. The fourth-order valence-corrected chi connectivity index (χ4v) is 2.95. The summed E-state index contributed by atoms with van der Waals surface area (Å²) in [4.78, 5) is 10.7. The SMILES string of the molecule is O=C(O)CSc1nnc(Cc2cccc(O)c2)n1C1CC1. The number of thioether (sulfide) groups is 1. The molecule has 1 aromatic heterocycles. The summed E-state index contributed by atoms with van der Waals surface area (Å²) in [6, 6.07) is 7.43. The molecule has 0 saturated heterocycles. The Morgan fingerprint density at radius 3 is 2.86 bits per heavy atom. The number of hydrogen-bond acceptors (Lipinski definition) is 5. The molecule has 0 unspecified atom stereocenters. The normalized spacial score (nSPS) is 14.3. The van der Waals surface area contributed by atoms with Crippen LogP contribution in [0.2, 0.25) is 0 Å². The largest absolute Gasteiger partial charge is 0.508 e. The van der Waals surface area contributed by atoms with Crippen molar-refractivity contribution in [2.45, 2.75) is 30.5 Å². The highest BCUT2D eigenvalue weighted by Crippen LogP contribution is 2.39. The second-order valence-electron chi connectivity index (χ2n) is 5.03. The van der Waals surface area contributed by atoms with Crippen LogP contribution in [0.3, 0.4) is 0 Å². The molecule has 1 aromatic carbocycles. The van der Waals surface area contributed by atoms with Gasteiger partial charge < -0.3 is 14.8 Å². The molecule has 2 N–H and O–H groups in total. The lowest BCUT2D eigenvalue weighted by Gasteiger charge is -2.08. The van der Waals surface area contributed by atoms with Crippen molar-refractivity contribution in [1.82, 2.24) is 14.8 Å². The molecule has 1 aliphatic carbocycles. The van der Waals surface area contributed by atoms with Crippen LogP contribution in [0.5, 0.6) is 5.75 Å². The van der Waals surface area contributed by atoms with E-state index in [2.05, 4.69) is 10.2 Å². The Kier molecular flexibility index (Phi) is 3.83. The fraction of sp³-hybridized carbons (Fsp3) is 0.357. The minimum absolute atomic E-state index is 0.0169. The first-order chi connectivity index (χ1) is 10.1. The van der Waals surface area contributed by atoms with Crippen LogP contribution in [0.15, 0.2) is 29.4 Å². The van der Waals surface area contributed by atoms with Crippen molar-refractivity contribution < 1.29 is 15.0 Å². The average Bonchev–Trinajstić information content (AvgIpc) is 3.19. The van der Waals surface area contributed by atoms with Crippen molar-refractivity contribution in [1.29, 1.82) is 0 Å². The molecule has 1 fully saturated rings. The van der Waals surface area contributed by atoms with Crippen LogP contribution in [0.25, 0.3) is 0 Å². The van der Waals surface area contributed by atoms with E-state index < -0.39 is 5.97 Å². The topological polar surface area (TPSA) is 88.2 Å². The number of aromatic hydroxyl groups is 1. The zero-order valence-corrected chi connectivity index (χ0v) is 12.1. The molecule has 2 aromatic rings. The number of carboxylic acid groups (broad SMARTS) is 1. The van der Waals surface area contributed by atoms with Crippen molar-refractivity contribution in [2.24, 2.45) is 0 Å². The summed E-state index contributed by atoms with van der Waals surface area (Å²) in [6.07, 6.45) is 2.73. The lowest BCUT2D eigenvalue weighted by Crippen LogP contribution is -2.05. The van der Waals surface area contributed by atoms with Crippen LogP contribution in [0.4, 0.5) is 0 Å². The number of benzene rings is 1. The Balaban J connectivity index is 1.83. The molecule has 0 amide bonds. The van der Waals surface area contributed by atoms with Gasteiger partial charge in [-0.15, -0.1) is 10.2 Å². The molecule has 7 heteroatoms. The number of nitrogens with zero attached hydrogens (tertiary/aromatic N) is 3. The molecule has 6 nitrogen and oxygen atoms in total. The van der Waals surface area contributed by atoms with Gasteiger partial charge in [0.05, 0.1) is 5.75 Å². The molecule has 1 heterocycles. The van der Waals surface area contributed by atoms with Gasteiger partial charge in [-0.2, -0.15) is 0 Å². The Hall–Kier alpha value is -2.02. The van der Waals surface area contributed by atoms with E-state index in [4.69, 9.17) is 5.11 Å². The van der Waals surface area contributed by atoms with E-state index in [0.717, 1.165) is 24.2 Å². The Labute approximate surface area is 125 Å². The highest BCUT2D eigenvalue weighted by atomic mass is 32.2. The highest BCUT2D eigenvalue weighted by Gasteiger charge is 2.29. The first-order valence-corrected chi connectivity index (χ1v) is 7.68. The van der Waals surface area contributed by atoms with E-state index in [1.54, 1.807) is 18.2 Å². The van der Waals surface area contributed by atoms with Crippen LogP contribution in [-0.2, 0) is 11.2 Å². The third kappa shape index (κ3) is 3.36. The molecule has 0 spiro atoms. The van der Waals surface area contributed by atoms with Gasteiger partial charge in [0.2, 0.25) is 0 Å². The number of carbonyl (C=O) groups is 1. The van der Waals surface area contributed by atoms with E-state index >= 15 is 0 Å². The van der Waals surface area contributed by atoms with Gasteiger partial charge in [-0.3, -0.25) is 4.79 Å². The van der Waals surface area contributed by atoms with Gasteiger partial charge in [-0.1, -0.05) is 23.9 Å². The third-order valence-electron chi connectivity index (χ3n) is 3.24. The summed E-state index contributed by atoms with van der Waals surface area (Å²) in [5.41, 5.74) is 0.957. The van der Waals surface area contributed by atoms with Crippen LogP contribution in [-0.4, -0.2) is 36.7 Å². The van der Waals surface area contributed by atoms with Crippen molar-refractivity contribution in [3.05, 3.63) is 35.7 Å². The maximum absolute atomic E-state index is 10.7. The lowest BCUT2D eigenvalue weighted by atomic mass is 10.1. The number of carboxylic acids is 1. The van der Waals surface area contributed by atoms with E-state index in [1.165, 1.54) is 11.8 Å². The van der Waals surface area contributed by atoms with Crippen LogP contribution in [0.1, 0.15) is 30.3 Å². The number of phenols is 1. The summed E-state index contributed by atoms with van der Waals surface area (Å²) in [5.74, 6) is 0.165. The van der Waals surface area contributed by atoms with Crippen molar-refractivity contribution >= 4 is 17.7 Å². The summed E-state index contributed by atoms with van der Waals surface area (Å²) >= 11 is 1.20. The minimum Gasteiger partial charge on any atom is -0.508 e. The van der Waals surface area contributed by atoms with Crippen LogP contribution < -0.4 is 0 Å². The van der Waals surface area contributed by atoms with E-state index in [1.807, 2.05) is 10.6 Å². The van der Waals surface area contributed by atoms with Gasteiger partial charge in [-0.05, 0) is 30.5 Å². The fourth-order valence-electron chi connectivity index (χ4n) is 2.20. The maximum atomic E-state index is 10.7. The number of phenolic OH excluding ortho intramolecular Hbond substituents is 1. The van der Waals surface area contributed by atoms with Gasteiger partial charge in [-0.25, -0.2) is 0 Å². The molecular weight excluding hydrogens is 290 g/mol. The Bertz CT molecular complexity index is 667. The van der Waals surface area contributed by atoms with Gasteiger partial charge in [0.1, 0.15) is 11.6 Å². The quantitative estimate of drug-likeness (QED) is 0.794. The highest BCUT2D eigenvalue weighted by molar-refractivity contribution is 7.99. The molecule has 0 bridgehead atoms. The molecule has 21 heavy (non-hydrogen) atoms. The van der Waals surface area contributed by atoms with Crippen LogP contribution >= 0.6 is 11.8 Å². The second-order valence-corrected chi connectivity index (χ2v) is 5.97. The van der Waals surface area contributed by atoms with Gasteiger partial charge >= 0.3 is 5.97 Å². The van der Waals surface area contributed by atoms with Crippen molar-refractivity contribution in [3.63, 3.8) is 0 Å². The van der Waals surface area contributed by atoms with E-state index in [-0.39, 0.29) is 11.5 Å². The first-order valence-electron chi connectivity index (χ1n) is 6.70. The number of rotatable bonds is 6. The number of aromatic nitrogens is 3. The van der Waals surface area contributed by atoms with E-state index in [9.17, 15) is 9.90 Å². The minimum atomic E-state index is -0.861. The third-order valence-corrected chi connectivity index (χ3v) is 4.17. The number of aliphatic carboxylic acids is 1. The zero-order valence-electron chi connectivity index (χ0n) is 11.3. The second kappa shape index (κ2) is 5.77. The summed E-state index contributed by atoms with van der Waals surface area (Å²) in [7, 11) is 0. The maximum Gasteiger partial charge on any atom is 0.313 e. The predicted octanol–water partition coefficient (Wildman–Crippen LogP) is 2.09. The standard InChI is InChI=1S/C14H15N3O3S/c18-11-3-1-2-9(6-11)7-12-15-16-14(21-8-13(19)20)17(12)10-4-5-10/h1-3,6,10,18H,4-5,7-8H2,(H,19,20). The van der Waals surface area contributed by atoms with Crippen molar-refractivity contribution in [2.75, 3.05) is 5.75 Å². The molecule has 0 aliphatic heterocycles. The molecule has 0 radical (unpaired) electrons. The molecule has 1 saturated carbocycles. The van der Waals surface area contributed by atoms with Gasteiger partial charge in [0.15, 0.2) is 5.16 Å².